The Hall–Kier alpha value is -1.36. The molecular weight excluding hydrogens is 240 g/mol. The predicted molar refractivity (Wildman–Crippen MR) is 77.4 cm³/mol. The van der Waals surface area contributed by atoms with Gasteiger partial charge in [0.25, 0.3) is 0 Å². The highest BCUT2D eigenvalue weighted by atomic mass is 16.3. The van der Waals surface area contributed by atoms with Gasteiger partial charge in [-0.1, -0.05) is 18.2 Å². The molecule has 0 spiro atoms. The molecular formula is C15H22N2O2. The van der Waals surface area contributed by atoms with Crippen LogP contribution in [0, 0.1) is 13.8 Å². The Morgan fingerprint density at radius 1 is 1.26 bits per heavy atom. The maximum absolute atomic E-state index is 10.1. The maximum atomic E-state index is 10.1. The molecule has 1 heterocycles. The minimum absolute atomic E-state index is 0.0946. The van der Waals surface area contributed by atoms with Crippen molar-refractivity contribution in [2.24, 2.45) is 0 Å². The smallest absolute Gasteiger partial charge is 0.0843 e. The molecule has 4 nitrogen and oxygen atoms in total. The van der Waals surface area contributed by atoms with Gasteiger partial charge in [0, 0.05) is 29.7 Å². The Labute approximate surface area is 113 Å². The van der Waals surface area contributed by atoms with Crippen molar-refractivity contribution in [1.29, 1.82) is 0 Å². The lowest BCUT2D eigenvalue weighted by Crippen LogP contribution is -2.32. The van der Waals surface area contributed by atoms with Crippen molar-refractivity contribution >= 4 is 10.9 Å². The first kappa shape index (κ1) is 14.1. The van der Waals surface area contributed by atoms with Crippen LogP contribution in [0.15, 0.2) is 24.3 Å². The summed E-state index contributed by atoms with van der Waals surface area (Å²) in [6, 6.07) is 8.26. The van der Waals surface area contributed by atoms with Crippen molar-refractivity contribution in [3.05, 3.63) is 35.5 Å². The monoisotopic (exact) mass is 262 g/mol. The van der Waals surface area contributed by atoms with E-state index in [2.05, 4.69) is 35.9 Å². The van der Waals surface area contributed by atoms with E-state index >= 15 is 0 Å². The summed E-state index contributed by atoms with van der Waals surface area (Å²) in [6.07, 6.45) is -0.458. The molecule has 0 amide bonds. The van der Waals surface area contributed by atoms with Gasteiger partial charge in [-0.05, 0) is 25.5 Å². The van der Waals surface area contributed by atoms with Gasteiger partial charge in [-0.15, -0.1) is 0 Å². The van der Waals surface area contributed by atoms with E-state index in [1.807, 2.05) is 12.1 Å². The van der Waals surface area contributed by atoms with Gasteiger partial charge >= 0.3 is 0 Å². The number of benzene rings is 1. The lowest BCUT2D eigenvalue weighted by atomic mass is 10.2. The fourth-order valence-corrected chi connectivity index (χ4v) is 2.46. The maximum Gasteiger partial charge on any atom is 0.0843 e. The van der Waals surface area contributed by atoms with Crippen molar-refractivity contribution in [1.82, 2.24) is 9.88 Å². The SMILES string of the molecule is Cc1c(C)n(C[C@H](O)CNCCO)c2ccccc12. The summed E-state index contributed by atoms with van der Waals surface area (Å²) >= 11 is 0. The van der Waals surface area contributed by atoms with Gasteiger partial charge in [0.05, 0.1) is 19.3 Å². The zero-order chi connectivity index (χ0) is 13.8. The highest BCUT2D eigenvalue weighted by Gasteiger charge is 2.13. The summed E-state index contributed by atoms with van der Waals surface area (Å²) in [5.74, 6) is 0. The standard InChI is InChI=1S/C15H22N2O2/c1-11-12(2)17(10-13(19)9-16-7-8-18)15-6-4-3-5-14(11)15/h3-6,13,16,18-19H,7-10H2,1-2H3/t13-/m1/s1. The van der Waals surface area contributed by atoms with Crippen LogP contribution in [0.2, 0.25) is 0 Å². The zero-order valence-corrected chi connectivity index (χ0v) is 11.6. The Kier molecular flexibility index (Phi) is 4.58. The number of aliphatic hydroxyl groups excluding tert-OH is 2. The molecule has 2 aromatic rings. The second-order valence-electron chi connectivity index (χ2n) is 4.92. The molecule has 1 aromatic carbocycles. The lowest BCUT2D eigenvalue weighted by Gasteiger charge is -2.15. The van der Waals surface area contributed by atoms with Crippen molar-refractivity contribution in [2.45, 2.75) is 26.5 Å². The van der Waals surface area contributed by atoms with E-state index in [1.165, 1.54) is 22.2 Å². The molecule has 0 radical (unpaired) electrons. The minimum Gasteiger partial charge on any atom is -0.395 e. The molecule has 0 saturated heterocycles. The number of para-hydroxylation sites is 1. The number of aromatic nitrogens is 1. The van der Waals surface area contributed by atoms with Gasteiger partial charge in [0.2, 0.25) is 0 Å². The molecule has 0 aliphatic rings. The topological polar surface area (TPSA) is 57.4 Å². The lowest BCUT2D eigenvalue weighted by molar-refractivity contribution is 0.149. The van der Waals surface area contributed by atoms with Crippen molar-refractivity contribution in [3.8, 4) is 0 Å². The Morgan fingerprint density at radius 2 is 2.00 bits per heavy atom. The second-order valence-corrected chi connectivity index (χ2v) is 4.92. The van der Waals surface area contributed by atoms with E-state index in [0.29, 0.717) is 19.6 Å². The Balaban J connectivity index is 2.18. The van der Waals surface area contributed by atoms with Gasteiger partial charge in [0.15, 0.2) is 0 Å². The van der Waals surface area contributed by atoms with E-state index in [0.717, 1.165) is 0 Å². The molecule has 0 aliphatic carbocycles. The van der Waals surface area contributed by atoms with Gasteiger partial charge in [-0.2, -0.15) is 0 Å². The minimum atomic E-state index is -0.458. The quantitative estimate of drug-likeness (QED) is 0.686. The number of aryl methyl sites for hydroxylation is 1. The first-order valence-electron chi connectivity index (χ1n) is 6.69. The molecule has 104 valence electrons. The fraction of sp³-hybridized carbons (Fsp3) is 0.467. The molecule has 0 unspecified atom stereocenters. The molecule has 3 N–H and O–H groups in total. The molecule has 2 rings (SSSR count). The average Bonchev–Trinajstić information content (AvgIpc) is 2.65. The van der Waals surface area contributed by atoms with Crippen molar-refractivity contribution in [2.75, 3.05) is 19.7 Å². The van der Waals surface area contributed by atoms with Crippen LogP contribution >= 0.6 is 0 Å². The molecule has 0 saturated carbocycles. The highest BCUT2D eigenvalue weighted by Crippen LogP contribution is 2.24. The van der Waals surface area contributed by atoms with Crippen LogP contribution in [-0.2, 0) is 6.54 Å². The summed E-state index contributed by atoms with van der Waals surface area (Å²) in [7, 11) is 0. The number of fused-ring (bicyclic) bond motifs is 1. The summed E-state index contributed by atoms with van der Waals surface area (Å²) < 4.78 is 2.16. The average molecular weight is 262 g/mol. The van der Waals surface area contributed by atoms with Crippen LogP contribution in [0.25, 0.3) is 10.9 Å². The van der Waals surface area contributed by atoms with E-state index in [-0.39, 0.29) is 6.61 Å². The van der Waals surface area contributed by atoms with Crippen LogP contribution < -0.4 is 5.32 Å². The molecule has 1 atom stereocenters. The van der Waals surface area contributed by atoms with Crippen molar-refractivity contribution < 1.29 is 10.2 Å². The van der Waals surface area contributed by atoms with E-state index in [9.17, 15) is 5.11 Å². The summed E-state index contributed by atoms with van der Waals surface area (Å²) in [5.41, 5.74) is 3.63. The largest absolute Gasteiger partial charge is 0.395 e. The third-order valence-corrected chi connectivity index (χ3v) is 3.61. The predicted octanol–water partition coefficient (Wildman–Crippen LogP) is 1.20. The Bertz CT molecular complexity index is 548. The number of aliphatic hydroxyl groups is 2. The second kappa shape index (κ2) is 6.19. The third kappa shape index (κ3) is 2.97. The summed E-state index contributed by atoms with van der Waals surface area (Å²) in [6.45, 7) is 5.87. The fourth-order valence-electron chi connectivity index (χ4n) is 2.46. The van der Waals surface area contributed by atoms with E-state index < -0.39 is 6.10 Å². The van der Waals surface area contributed by atoms with Crippen LogP contribution in [0.5, 0.6) is 0 Å². The highest BCUT2D eigenvalue weighted by molar-refractivity contribution is 5.85. The van der Waals surface area contributed by atoms with E-state index in [4.69, 9.17) is 5.11 Å². The van der Waals surface area contributed by atoms with Gasteiger partial charge in [0.1, 0.15) is 0 Å². The molecule has 0 aliphatic heterocycles. The first-order valence-corrected chi connectivity index (χ1v) is 6.69. The number of nitrogens with zero attached hydrogens (tertiary/aromatic N) is 1. The molecule has 19 heavy (non-hydrogen) atoms. The van der Waals surface area contributed by atoms with Crippen LogP contribution in [0.4, 0.5) is 0 Å². The van der Waals surface area contributed by atoms with Crippen LogP contribution in [0.1, 0.15) is 11.3 Å². The third-order valence-electron chi connectivity index (χ3n) is 3.61. The van der Waals surface area contributed by atoms with E-state index in [1.54, 1.807) is 0 Å². The van der Waals surface area contributed by atoms with Gasteiger partial charge < -0.3 is 20.1 Å². The molecule has 4 heteroatoms. The summed E-state index contributed by atoms with van der Waals surface area (Å²) in [5, 5.41) is 23.0. The van der Waals surface area contributed by atoms with Crippen molar-refractivity contribution in [3.63, 3.8) is 0 Å². The number of hydrogen-bond donors (Lipinski definition) is 3. The van der Waals surface area contributed by atoms with Gasteiger partial charge in [-0.25, -0.2) is 0 Å². The van der Waals surface area contributed by atoms with Gasteiger partial charge in [-0.3, -0.25) is 0 Å². The molecule has 0 bridgehead atoms. The molecule has 1 aromatic heterocycles. The number of nitrogens with one attached hydrogen (secondary N) is 1. The van der Waals surface area contributed by atoms with Crippen LogP contribution in [0.3, 0.4) is 0 Å². The Morgan fingerprint density at radius 3 is 2.74 bits per heavy atom. The van der Waals surface area contributed by atoms with Crippen LogP contribution in [-0.4, -0.2) is 40.6 Å². The number of hydrogen-bond acceptors (Lipinski definition) is 3. The normalized spacial score (nSPS) is 13.1. The molecule has 0 fully saturated rings. The zero-order valence-electron chi connectivity index (χ0n) is 11.6. The summed E-state index contributed by atoms with van der Waals surface area (Å²) in [4.78, 5) is 0. The first-order chi connectivity index (χ1) is 9.15. The number of rotatable bonds is 6.